The lowest BCUT2D eigenvalue weighted by Gasteiger charge is -2.16. The quantitative estimate of drug-likeness (QED) is 0.557. The predicted octanol–water partition coefficient (Wildman–Crippen LogP) is -0.726. The molecule has 0 unspecified atom stereocenters. The molecule has 12 heavy (non-hydrogen) atoms. The number of hydrogen-bond acceptors (Lipinski definition) is 3. The number of likely N-dealkylation sites (N-methyl/N-ethyl adjacent to an activating group) is 3. The van der Waals surface area contributed by atoms with Gasteiger partial charge in [0.2, 0.25) is 5.91 Å². The molecule has 0 saturated heterocycles. The minimum Gasteiger partial charge on any atom is -0.343 e. The van der Waals surface area contributed by atoms with Gasteiger partial charge in [-0.2, -0.15) is 0 Å². The van der Waals surface area contributed by atoms with Crippen LogP contribution in [0.2, 0.25) is 0 Å². The highest BCUT2D eigenvalue weighted by Crippen LogP contribution is 1.81. The van der Waals surface area contributed by atoms with Crippen molar-refractivity contribution in [2.24, 2.45) is 0 Å². The van der Waals surface area contributed by atoms with Gasteiger partial charge in [-0.1, -0.05) is 6.92 Å². The molecule has 4 heteroatoms. The molecule has 0 heterocycles. The Morgan fingerprint density at radius 1 is 1.50 bits per heavy atom. The van der Waals surface area contributed by atoms with Crippen molar-refractivity contribution >= 4 is 5.91 Å². The first-order valence-corrected chi connectivity index (χ1v) is 4.31. The summed E-state index contributed by atoms with van der Waals surface area (Å²) in [5.74, 6) is 0.145. The zero-order chi connectivity index (χ0) is 9.40. The van der Waals surface area contributed by atoms with Gasteiger partial charge in [0.15, 0.2) is 0 Å². The van der Waals surface area contributed by atoms with E-state index >= 15 is 0 Å². The van der Waals surface area contributed by atoms with Crippen molar-refractivity contribution in [3.05, 3.63) is 0 Å². The van der Waals surface area contributed by atoms with E-state index in [1.54, 1.807) is 4.90 Å². The maximum atomic E-state index is 11.2. The third kappa shape index (κ3) is 5.09. The maximum absolute atomic E-state index is 11.2. The van der Waals surface area contributed by atoms with E-state index in [-0.39, 0.29) is 5.91 Å². The van der Waals surface area contributed by atoms with Gasteiger partial charge in [0.25, 0.3) is 0 Å². The summed E-state index contributed by atoms with van der Waals surface area (Å²) in [6, 6.07) is 0. The van der Waals surface area contributed by atoms with Crippen LogP contribution in [-0.2, 0) is 4.79 Å². The maximum Gasteiger partial charge on any atom is 0.236 e. The zero-order valence-corrected chi connectivity index (χ0v) is 8.18. The number of nitrogens with zero attached hydrogens (tertiary/aromatic N) is 1. The van der Waals surface area contributed by atoms with Crippen molar-refractivity contribution in [1.29, 1.82) is 0 Å². The van der Waals surface area contributed by atoms with Gasteiger partial charge in [-0.25, -0.2) is 0 Å². The highest BCUT2D eigenvalue weighted by Gasteiger charge is 2.05. The first kappa shape index (κ1) is 11.4. The van der Waals surface area contributed by atoms with Gasteiger partial charge in [-0.05, 0) is 13.6 Å². The molecule has 4 nitrogen and oxygen atoms in total. The lowest BCUT2D eigenvalue weighted by atomic mass is 10.4. The molecular formula is C8H19N3O. The third-order valence-electron chi connectivity index (χ3n) is 1.65. The van der Waals surface area contributed by atoms with Crippen LogP contribution < -0.4 is 10.6 Å². The Hall–Kier alpha value is -0.610. The number of carbonyl (C=O) groups is 1. The molecule has 0 bridgehead atoms. The van der Waals surface area contributed by atoms with E-state index in [9.17, 15) is 4.79 Å². The van der Waals surface area contributed by atoms with Crippen molar-refractivity contribution in [2.75, 3.05) is 40.3 Å². The number of nitrogens with one attached hydrogen (secondary N) is 2. The van der Waals surface area contributed by atoms with Crippen molar-refractivity contribution in [3.8, 4) is 0 Å². The molecule has 0 atom stereocenters. The molecular weight excluding hydrogens is 154 g/mol. The Morgan fingerprint density at radius 3 is 2.67 bits per heavy atom. The Morgan fingerprint density at radius 2 is 2.17 bits per heavy atom. The molecule has 0 rings (SSSR count). The number of carbonyl (C=O) groups excluding carboxylic acids is 1. The van der Waals surface area contributed by atoms with E-state index < -0.39 is 0 Å². The van der Waals surface area contributed by atoms with Gasteiger partial charge in [-0.3, -0.25) is 4.79 Å². The summed E-state index contributed by atoms with van der Waals surface area (Å²) < 4.78 is 0. The van der Waals surface area contributed by atoms with Gasteiger partial charge in [0.1, 0.15) is 0 Å². The van der Waals surface area contributed by atoms with Crippen molar-refractivity contribution in [1.82, 2.24) is 15.5 Å². The molecule has 0 fully saturated rings. The van der Waals surface area contributed by atoms with Crippen LogP contribution >= 0.6 is 0 Å². The van der Waals surface area contributed by atoms with E-state index in [2.05, 4.69) is 10.6 Å². The van der Waals surface area contributed by atoms with E-state index in [1.807, 2.05) is 21.0 Å². The first-order valence-electron chi connectivity index (χ1n) is 4.31. The molecule has 72 valence electrons. The average Bonchev–Trinajstić information content (AvgIpc) is 2.10. The van der Waals surface area contributed by atoms with Crippen LogP contribution in [0, 0.1) is 0 Å². The Kier molecular flexibility index (Phi) is 6.70. The molecule has 2 N–H and O–H groups in total. The highest BCUT2D eigenvalue weighted by atomic mass is 16.2. The highest BCUT2D eigenvalue weighted by molar-refractivity contribution is 5.77. The van der Waals surface area contributed by atoms with Crippen LogP contribution in [0.15, 0.2) is 0 Å². The number of hydrogen-bond donors (Lipinski definition) is 2. The van der Waals surface area contributed by atoms with E-state index in [1.165, 1.54) is 0 Å². The molecule has 0 aliphatic heterocycles. The Bertz CT molecular complexity index is 127. The van der Waals surface area contributed by atoms with Gasteiger partial charge >= 0.3 is 0 Å². The average molecular weight is 173 g/mol. The third-order valence-corrected chi connectivity index (χ3v) is 1.65. The van der Waals surface area contributed by atoms with Gasteiger partial charge < -0.3 is 15.5 Å². The normalized spacial score (nSPS) is 9.92. The van der Waals surface area contributed by atoms with Gasteiger partial charge in [0.05, 0.1) is 6.54 Å². The summed E-state index contributed by atoms with van der Waals surface area (Å²) in [6.45, 7) is 4.87. The largest absolute Gasteiger partial charge is 0.343 e. The monoisotopic (exact) mass is 173 g/mol. The minimum atomic E-state index is 0.145. The topological polar surface area (TPSA) is 44.4 Å². The standard InChI is InChI=1S/C8H19N3O/c1-4-10-7-8(12)11(3)6-5-9-2/h9-10H,4-7H2,1-3H3. The van der Waals surface area contributed by atoms with Crippen molar-refractivity contribution in [2.45, 2.75) is 6.92 Å². The van der Waals surface area contributed by atoms with Crippen molar-refractivity contribution in [3.63, 3.8) is 0 Å². The van der Waals surface area contributed by atoms with Crippen molar-refractivity contribution < 1.29 is 4.79 Å². The smallest absolute Gasteiger partial charge is 0.236 e. The summed E-state index contributed by atoms with van der Waals surface area (Å²) >= 11 is 0. The van der Waals surface area contributed by atoms with E-state index in [0.717, 1.165) is 19.6 Å². The first-order chi connectivity index (χ1) is 5.72. The summed E-state index contributed by atoms with van der Waals surface area (Å²) in [6.07, 6.45) is 0. The second kappa shape index (κ2) is 7.06. The molecule has 0 aromatic rings. The van der Waals surface area contributed by atoms with Crippen LogP contribution in [-0.4, -0.2) is 51.1 Å². The molecule has 1 amide bonds. The summed E-state index contributed by atoms with van der Waals surface area (Å²) in [4.78, 5) is 13.0. The Labute approximate surface area is 74.3 Å². The second-order valence-corrected chi connectivity index (χ2v) is 2.70. The van der Waals surface area contributed by atoms with Gasteiger partial charge in [0, 0.05) is 20.1 Å². The molecule has 0 aromatic heterocycles. The predicted molar refractivity (Wildman–Crippen MR) is 50.1 cm³/mol. The van der Waals surface area contributed by atoms with Crippen LogP contribution in [0.1, 0.15) is 6.92 Å². The summed E-state index contributed by atoms with van der Waals surface area (Å²) in [5.41, 5.74) is 0. The SMILES string of the molecule is CCNCC(=O)N(C)CCNC. The number of rotatable bonds is 6. The molecule has 0 aliphatic rings. The fourth-order valence-corrected chi connectivity index (χ4v) is 0.771. The van der Waals surface area contributed by atoms with Gasteiger partial charge in [-0.15, -0.1) is 0 Å². The molecule has 0 aromatic carbocycles. The lowest BCUT2D eigenvalue weighted by molar-refractivity contribution is -0.128. The van der Waals surface area contributed by atoms with E-state index in [0.29, 0.717) is 6.54 Å². The molecule has 0 aliphatic carbocycles. The summed E-state index contributed by atoms with van der Waals surface area (Å²) in [5, 5.41) is 5.99. The van der Waals surface area contributed by atoms with Crippen LogP contribution in [0.3, 0.4) is 0 Å². The number of amides is 1. The molecule has 0 spiro atoms. The van der Waals surface area contributed by atoms with Crippen LogP contribution in [0.25, 0.3) is 0 Å². The van der Waals surface area contributed by atoms with E-state index in [4.69, 9.17) is 0 Å². The molecule has 0 radical (unpaired) electrons. The fraction of sp³-hybridized carbons (Fsp3) is 0.875. The molecule has 0 saturated carbocycles. The lowest BCUT2D eigenvalue weighted by Crippen LogP contribution is -2.38. The fourth-order valence-electron chi connectivity index (χ4n) is 0.771. The van der Waals surface area contributed by atoms with Crippen LogP contribution in [0.4, 0.5) is 0 Å². The van der Waals surface area contributed by atoms with Crippen LogP contribution in [0.5, 0.6) is 0 Å². The minimum absolute atomic E-state index is 0.145. The summed E-state index contributed by atoms with van der Waals surface area (Å²) in [7, 11) is 3.69. The second-order valence-electron chi connectivity index (χ2n) is 2.70. The zero-order valence-electron chi connectivity index (χ0n) is 8.18. The Balaban J connectivity index is 3.47.